The van der Waals surface area contributed by atoms with Crippen molar-refractivity contribution in [3.8, 4) is 0 Å². The van der Waals surface area contributed by atoms with Gasteiger partial charge in [0.15, 0.2) is 0 Å². The van der Waals surface area contributed by atoms with Gasteiger partial charge in [0, 0.05) is 18.3 Å². The number of allylic oxidation sites excluding steroid dienone is 2. The number of hydrogen-bond acceptors (Lipinski definition) is 2. The molecule has 2 rings (SSSR count). The van der Waals surface area contributed by atoms with Gasteiger partial charge in [0.2, 0.25) is 0 Å². The lowest BCUT2D eigenvalue weighted by Gasteiger charge is -2.19. The summed E-state index contributed by atoms with van der Waals surface area (Å²) < 4.78 is 4.91. The van der Waals surface area contributed by atoms with Crippen LogP contribution in [-0.2, 0) is 4.74 Å². The molecule has 17 heavy (non-hydrogen) atoms. The molecule has 88 valence electrons. The van der Waals surface area contributed by atoms with Gasteiger partial charge in [0.05, 0.1) is 6.61 Å². The van der Waals surface area contributed by atoms with Gasteiger partial charge in [-0.2, -0.15) is 0 Å². The Labute approximate surface area is 101 Å². The van der Waals surface area contributed by atoms with E-state index < -0.39 is 0 Å². The van der Waals surface area contributed by atoms with Crippen molar-refractivity contribution in [3.63, 3.8) is 0 Å². The van der Waals surface area contributed by atoms with Crippen LogP contribution in [0.1, 0.15) is 18.4 Å². The summed E-state index contributed by atoms with van der Waals surface area (Å²) in [6.45, 7) is 2.18. The van der Waals surface area contributed by atoms with Crippen LogP contribution in [0.2, 0.25) is 0 Å². The molecule has 1 aliphatic heterocycles. The maximum atomic E-state index is 11.4. The monoisotopic (exact) mass is 229 g/mol. The molecule has 0 radical (unpaired) electrons. The van der Waals surface area contributed by atoms with E-state index in [-0.39, 0.29) is 12.0 Å². The first kappa shape index (κ1) is 11.5. The number of ether oxygens (including phenoxy) is 1. The Balaban J connectivity index is 2.04. The van der Waals surface area contributed by atoms with E-state index >= 15 is 0 Å². The average Bonchev–Trinajstić information content (AvgIpc) is 2.40. The first-order chi connectivity index (χ1) is 8.31. The number of nitrogens with zero attached hydrogens (tertiary/aromatic N) is 1. The number of carbonyl (C=O) groups excluding carboxylic acids is 1. The van der Waals surface area contributed by atoms with Crippen LogP contribution >= 0.6 is 0 Å². The number of amides is 1. The molecule has 0 N–H and O–H groups in total. The van der Waals surface area contributed by atoms with Gasteiger partial charge in [-0.05, 0) is 12.5 Å². The third kappa shape index (κ3) is 2.75. The molecule has 0 atom stereocenters. The maximum Gasteiger partial charge on any atom is 0.417 e. The summed E-state index contributed by atoms with van der Waals surface area (Å²) >= 11 is 0. The van der Waals surface area contributed by atoms with Crippen LogP contribution in [0.25, 0.3) is 0 Å². The molecular formula is C14H15NO2. The van der Waals surface area contributed by atoms with Gasteiger partial charge >= 0.3 is 6.09 Å². The Bertz CT molecular complexity index is 423. The van der Waals surface area contributed by atoms with Crippen LogP contribution in [0.3, 0.4) is 0 Å². The van der Waals surface area contributed by atoms with Crippen molar-refractivity contribution in [1.29, 1.82) is 0 Å². The smallest absolute Gasteiger partial charge is 0.417 e. The zero-order valence-electron chi connectivity index (χ0n) is 9.74. The fourth-order valence-electron chi connectivity index (χ4n) is 1.70. The molecule has 0 spiro atoms. The molecule has 3 nitrogen and oxygen atoms in total. The molecule has 3 heteroatoms. The normalized spacial score (nSPS) is 15.0. The van der Waals surface area contributed by atoms with E-state index in [1.54, 1.807) is 19.3 Å². The Kier molecular flexibility index (Phi) is 3.60. The van der Waals surface area contributed by atoms with Crippen LogP contribution in [-0.4, -0.2) is 17.6 Å². The molecule has 0 saturated heterocycles. The first-order valence-corrected chi connectivity index (χ1v) is 5.68. The second-order valence-corrected chi connectivity index (χ2v) is 3.73. The Morgan fingerprint density at radius 2 is 1.88 bits per heavy atom. The van der Waals surface area contributed by atoms with Crippen molar-refractivity contribution in [3.05, 3.63) is 60.4 Å². The van der Waals surface area contributed by atoms with Gasteiger partial charge in [0.1, 0.15) is 0 Å². The highest BCUT2D eigenvalue weighted by Crippen LogP contribution is 2.22. The van der Waals surface area contributed by atoms with Crippen LogP contribution in [0.15, 0.2) is 54.9 Å². The summed E-state index contributed by atoms with van der Waals surface area (Å²) in [5.41, 5.74) is 1.21. The highest BCUT2D eigenvalue weighted by molar-refractivity contribution is 5.70. The molecule has 1 aromatic carbocycles. The molecular weight excluding hydrogens is 214 g/mol. The topological polar surface area (TPSA) is 29.5 Å². The van der Waals surface area contributed by atoms with Gasteiger partial charge in [-0.25, -0.2) is 4.79 Å². The van der Waals surface area contributed by atoms with E-state index in [1.807, 2.05) is 30.4 Å². The van der Waals surface area contributed by atoms with Crippen molar-refractivity contribution in [2.75, 3.05) is 6.61 Å². The SMILES string of the molecule is CCOC(=O)N1C=CC(c2ccccc2)C=C1. The van der Waals surface area contributed by atoms with Crippen LogP contribution < -0.4 is 0 Å². The minimum absolute atomic E-state index is 0.224. The number of benzene rings is 1. The summed E-state index contributed by atoms with van der Waals surface area (Å²) in [6, 6.07) is 10.1. The summed E-state index contributed by atoms with van der Waals surface area (Å²) in [6.07, 6.45) is 7.11. The Morgan fingerprint density at radius 3 is 2.47 bits per heavy atom. The summed E-state index contributed by atoms with van der Waals surface area (Å²) in [7, 11) is 0. The highest BCUT2D eigenvalue weighted by atomic mass is 16.5. The third-order valence-electron chi connectivity index (χ3n) is 2.57. The van der Waals surface area contributed by atoms with Crippen LogP contribution in [0.4, 0.5) is 4.79 Å². The second-order valence-electron chi connectivity index (χ2n) is 3.73. The van der Waals surface area contributed by atoms with Crippen molar-refractivity contribution in [2.45, 2.75) is 12.8 Å². The number of carbonyl (C=O) groups is 1. The van der Waals surface area contributed by atoms with E-state index in [1.165, 1.54) is 10.5 Å². The lowest BCUT2D eigenvalue weighted by atomic mass is 9.98. The molecule has 1 heterocycles. The highest BCUT2D eigenvalue weighted by Gasteiger charge is 2.14. The van der Waals surface area contributed by atoms with Gasteiger partial charge in [-0.1, -0.05) is 42.5 Å². The van der Waals surface area contributed by atoms with Crippen molar-refractivity contribution >= 4 is 6.09 Å². The average molecular weight is 229 g/mol. The number of rotatable bonds is 2. The summed E-state index contributed by atoms with van der Waals surface area (Å²) in [5.74, 6) is 0.224. The van der Waals surface area contributed by atoms with Crippen molar-refractivity contribution in [1.82, 2.24) is 4.90 Å². The molecule has 1 aromatic rings. The number of hydrogen-bond donors (Lipinski definition) is 0. The largest absolute Gasteiger partial charge is 0.449 e. The molecule has 0 aromatic heterocycles. The minimum Gasteiger partial charge on any atom is -0.449 e. The van der Waals surface area contributed by atoms with Gasteiger partial charge in [0.25, 0.3) is 0 Å². The second kappa shape index (κ2) is 5.34. The fraction of sp³-hybridized carbons (Fsp3) is 0.214. The van der Waals surface area contributed by atoms with E-state index in [2.05, 4.69) is 12.1 Å². The molecule has 0 bridgehead atoms. The molecule has 0 unspecified atom stereocenters. The zero-order chi connectivity index (χ0) is 12.1. The molecule has 1 aliphatic rings. The van der Waals surface area contributed by atoms with Crippen LogP contribution in [0.5, 0.6) is 0 Å². The zero-order valence-corrected chi connectivity index (χ0v) is 9.74. The lowest BCUT2D eigenvalue weighted by Crippen LogP contribution is -2.23. The lowest BCUT2D eigenvalue weighted by molar-refractivity contribution is 0.133. The van der Waals surface area contributed by atoms with E-state index in [9.17, 15) is 4.79 Å². The Hall–Kier alpha value is -2.03. The molecule has 0 aliphatic carbocycles. The first-order valence-electron chi connectivity index (χ1n) is 5.68. The minimum atomic E-state index is -0.341. The fourth-order valence-corrected chi connectivity index (χ4v) is 1.70. The molecule has 1 amide bonds. The molecule has 0 saturated carbocycles. The maximum absolute atomic E-state index is 11.4. The van der Waals surface area contributed by atoms with Gasteiger partial charge in [-0.15, -0.1) is 0 Å². The molecule has 0 fully saturated rings. The van der Waals surface area contributed by atoms with Gasteiger partial charge in [-0.3, -0.25) is 4.90 Å². The van der Waals surface area contributed by atoms with E-state index in [0.29, 0.717) is 6.61 Å². The third-order valence-corrected chi connectivity index (χ3v) is 2.57. The van der Waals surface area contributed by atoms with Crippen LogP contribution in [0, 0.1) is 0 Å². The van der Waals surface area contributed by atoms with Gasteiger partial charge < -0.3 is 4.74 Å². The van der Waals surface area contributed by atoms with Crippen molar-refractivity contribution < 1.29 is 9.53 Å². The predicted molar refractivity (Wildman–Crippen MR) is 66.3 cm³/mol. The quantitative estimate of drug-likeness (QED) is 0.779. The summed E-state index contributed by atoms with van der Waals surface area (Å²) in [4.78, 5) is 12.9. The summed E-state index contributed by atoms with van der Waals surface area (Å²) in [5, 5.41) is 0. The van der Waals surface area contributed by atoms with E-state index in [4.69, 9.17) is 4.74 Å². The predicted octanol–water partition coefficient (Wildman–Crippen LogP) is 3.27. The van der Waals surface area contributed by atoms with E-state index in [0.717, 1.165) is 0 Å². The standard InChI is InChI=1S/C14H15NO2/c1-2-17-14(16)15-10-8-13(9-11-15)12-6-4-3-5-7-12/h3-11,13H,2H2,1H3. The van der Waals surface area contributed by atoms with Crippen molar-refractivity contribution in [2.24, 2.45) is 0 Å². The Morgan fingerprint density at radius 1 is 1.24 bits per heavy atom.